The van der Waals surface area contributed by atoms with Crippen molar-refractivity contribution in [2.75, 3.05) is 19.8 Å². The summed E-state index contributed by atoms with van der Waals surface area (Å²) < 4.78 is 32.2. The van der Waals surface area contributed by atoms with E-state index in [1.165, 1.54) is 0 Å². The van der Waals surface area contributed by atoms with E-state index in [1.807, 2.05) is 0 Å². The second-order valence-electron chi connectivity index (χ2n) is 8.97. The van der Waals surface area contributed by atoms with Crippen LogP contribution < -0.4 is 0 Å². The van der Waals surface area contributed by atoms with E-state index >= 15 is 0 Å². The van der Waals surface area contributed by atoms with E-state index in [0.717, 1.165) is 82.7 Å². The second kappa shape index (κ2) is 21.9. The molecule has 9 nitrogen and oxygen atoms in total. The Morgan fingerprint density at radius 3 is 1.05 bits per heavy atom. The lowest BCUT2D eigenvalue weighted by Crippen LogP contribution is -2.49. The van der Waals surface area contributed by atoms with E-state index in [-0.39, 0.29) is 37.1 Å². The molecule has 0 aliphatic carbocycles. The molecular weight excluding hydrogens is 520 g/mol. The van der Waals surface area contributed by atoms with Gasteiger partial charge in [0.25, 0.3) is 0 Å². The molecular formula is C29H48O9Si. The summed E-state index contributed by atoms with van der Waals surface area (Å²) in [5.41, 5.74) is 0.971. The molecule has 0 saturated carbocycles. The van der Waals surface area contributed by atoms with Gasteiger partial charge in [-0.3, -0.25) is 0 Å². The zero-order valence-corrected chi connectivity index (χ0v) is 25.2. The lowest BCUT2D eigenvalue weighted by molar-refractivity contribution is -0.149. The Hall–Kier alpha value is -3.01. The van der Waals surface area contributed by atoms with E-state index in [0.29, 0.717) is 0 Å². The van der Waals surface area contributed by atoms with Crippen LogP contribution in [-0.4, -0.2) is 46.5 Å². The Labute approximate surface area is 235 Å². The van der Waals surface area contributed by atoms with Crippen LogP contribution in [0.5, 0.6) is 0 Å². The summed E-state index contributed by atoms with van der Waals surface area (Å²) in [5.74, 6) is -4.16. The van der Waals surface area contributed by atoms with Crippen LogP contribution in [-0.2, 0) is 41.9 Å². The van der Waals surface area contributed by atoms with Crippen LogP contribution in [0.3, 0.4) is 0 Å². The first-order chi connectivity index (χ1) is 18.7. The van der Waals surface area contributed by atoms with Crippen LogP contribution in [0.4, 0.5) is 0 Å². The van der Waals surface area contributed by atoms with Crippen molar-refractivity contribution in [1.82, 2.24) is 0 Å². The molecule has 0 rings (SSSR count). The molecule has 0 radical (unpaired) electrons. The smallest absolute Gasteiger partial charge is 0.487 e. The lowest BCUT2D eigenvalue weighted by Gasteiger charge is -2.25. The highest BCUT2D eigenvalue weighted by molar-refractivity contribution is 6.71. The van der Waals surface area contributed by atoms with Gasteiger partial charge in [-0.05, 0) is 39.0 Å². The maximum atomic E-state index is 12.7. The number of ether oxygens (including phenoxy) is 3. The molecule has 0 unspecified atom stereocenters. The normalized spacial score (nSPS) is 10.6. The van der Waals surface area contributed by atoms with Crippen LogP contribution in [0.1, 0.15) is 97.8 Å². The average molecular weight is 569 g/mol. The van der Waals surface area contributed by atoms with Crippen molar-refractivity contribution in [1.29, 1.82) is 0 Å². The fourth-order valence-electron chi connectivity index (χ4n) is 3.10. The first kappa shape index (κ1) is 36.0. The topological polar surface area (TPSA) is 107 Å². The van der Waals surface area contributed by atoms with Gasteiger partial charge >= 0.3 is 26.7 Å². The molecule has 0 aliphatic rings. The average Bonchev–Trinajstić information content (AvgIpc) is 2.91. The zero-order chi connectivity index (χ0) is 29.5. The minimum atomic E-state index is -4.53. The lowest BCUT2D eigenvalue weighted by atomic mass is 10.2. The number of hydrogen-bond acceptors (Lipinski definition) is 9. The minimum Gasteiger partial charge on any atom is -0.487 e. The van der Waals surface area contributed by atoms with Gasteiger partial charge in [0, 0.05) is 5.70 Å². The molecule has 0 bridgehead atoms. The zero-order valence-electron chi connectivity index (χ0n) is 24.2. The van der Waals surface area contributed by atoms with Gasteiger partial charge < -0.3 is 27.5 Å². The Morgan fingerprint density at radius 1 is 0.538 bits per heavy atom. The van der Waals surface area contributed by atoms with Crippen LogP contribution in [0.25, 0.3) is 0 Å². The van der Waals surface area contributed by atoms with Gasteiger partial charge in [-0.25, -0.2) is 14.4 Å². The first-order valence-electron chi connectivity index (χ1n) is 13.9. The van der Waals surface area contributed by atoms with Gasteiger partial charge in [0.2, 0.25) is 0 Å². The maximum absolute atomic E-state index is 12.7. The third-order valence-electron chi connectivity index (χ3n) is 5.46. The largest absolute Gasteiger partial charge is 0.735 e. The number of carbonyl (C=O) groups excluding carboxylic acids is 3. The molecule has 0 aromatic carbocycles. The van der Waals surface area contributed by atoms with Crippen molar-refractivity contribution in [2.45, 2.75) is 97.8 Å². The highest BCUT2D eigenvalue weighted by atomic mass is 28.4. The van der Waals surface area contributed by atoms with Crippen molar-refractivity contribution in [3.05, 3.63) is 49.3 Å². The summed E-state index contributed by atoms with van der Waals surface area (Å²) in [5, 5.41) is 0. The third-order valence-corrected chi connectivity index (χ3v) is 7.37. The van der Waals surface area contributed by atoms with Gasteiger partial charge in [0.05, 0.1) is 19.8 Å². The van der Waals surface area contributed by atoms with Crippen molar-refractivity contribution >= 4 is 26.7 Å². The fourth-order valence-corrected chi connectivity index (χ4v) is 4.59. The second-order valence-corrected chi connectivity index (χ2v) is 11.2. The van der Waals surface area contributed by atoms with E-state index < -0.39 is 26.7 Å². The number of rotatable bonds is 25. The van der Waals surface area contributed by atoms with Crippen molar-refractivity contribution in [3.8, 4) is 0 Å². The SMILES string of the molecule is C=C[Si](OC(=O)C(=C)OCCCCCC)(OC(=O)C(=C)OCCCCCC)OC(=O)C(=C)OCCCCCC. The minimum absolute atomic E-state index is 0.251. The Bertz CT molecular complexity index is 709. The number of hydrogen-bond donors (Lipinski definition) is 0. The highest BCUT2D eigenvalue weighted by Gasteiger charge is 2.52. The van der Waals surface area contributed by atoms with E-state index in [1.54, 1.807) is 0 Å². The maximum Gasteiger partial charge on any atom is 0.735 e. The summed E-state index contributed by atoms with van der Waals surface area (Å²) in [6.07, 6.45) is 11.2. The number of carbonyl (C=O) groups is 3. The van der Waals surface area contributed by atoms with E-state index in [2.05, 4.69) is 47.1 Å². The van der Waals surface area contributed by atoms with E-state index in [9.17, 15) is 14.4 Å². The monoisotopic (exact) mass is 568 g/mol. The van der Waals surface area contributed by atoms with Gasteiger partial charge in [-0.2, -0.15) is 0 Å². The predicted molar refractivity (Wildman–Crippen MR) is 152 cm³/mol. The molecule has 0 aromatic heterocycles. The molecule has 0 N–H and O–H groups in total. The molecule has 0 amide bonds. The van der Waals surface area contributed by atoms with Crippen molar-refractivity contribution in [3.63, 3.8) is 0 Å². The quantitative estimate of drug-likeness (QED) is 0.0520. The van der Waals surface area contributed by atoms with Gasteiger partial charge in [-0.15, -0.1) is 0 Å². The molecule has 39 heavy (non-hydrogen) atoms. The molecule has 10 heteroatoms. The molecule has 0 fully saturated rings. The molecule has 0 saturated heterocycles. The third kappa shape index (κ3) is 16.5. The summed E-state index contributed by atoms with van der Waals surface area (Å²) in [6, 6.07) is 0. The van der Waals surface area contributed by atoms with Crippen LogP contribution in [0.2, 0.25) is 0 Å². The first-order valence-corrected chi connectivity index (χ1v) is 15.7. The van der Waals surface area contributed by atoms with Crippen molar-refractivity contribution < 1.29 is 41.9 Å². The van der Waals surface area contributed by atoms with Crippen LogP contribution in [0, 0.1) is 0 Å². The summed E-state index contributed by atoms with van der Waals surface area (Å²) in [6.45, 7) is 21.3. The molecule has 0 aromatic rings. The molecule has 222 valence electrons. The van der Waals surface area contributed by atoms with Crippen LogP contribution in [0.15, 0.2) is 49.3 Å². The Balaban J connectivity index is 5.39. The highest BCUT2D eigenvalue weighted by Crippen LogP contribution is 2.19. The van der Waals surface area contributed by atoms with Crippen molar-refractivity contribution in [2.24, 2.45) is 0 Å². The van der Waals surface area contributed by atoms with E-state index in [4.69, 9.17) is 27.5 Å². The number of unbranched alkanes of at least 4 members (excludes halogenated alkanes) is 9. The Kier molecular flexibility index (Phi) is 20.2. The molecule has 0 spiro atoms. The van der Waals surface area contributed by atoms with Gasteiger partial charge in [0.15, 0.2) is 17.3 Å². The van der Waals surface area contributed by atoms with Crippen LogP contribution >= 0.6 is 0 Å². The van der Waals surface area contributed by atoms with Gasteiger partial charge in [0.1, 0.15) is 0 Å². The summed E-state index contributed by atoms with van der Waals surface area (Å²) in [4.78, 5) is 38.2. The molecule has 0 atom stereocenters. The summed E-state index contributed by atoms with van der Waals surface area (Å²) in [7, 11) is -4.53. The standard InChI is InChI=1S/C29H48O9Si/c1-8-12-15-18-21-33-24(5)27(30)36-39(11-4,37-28(31)25(6)34-22-19-16-13-9-2)38-29(32)26(7)35-23-20-17-14-10-3/h11H,4-10,12-23H2,1-3H3. The predicted octanol–water partition coefficient (Wildman–Crippen LogP) is 6.61. The Morgan fingerprint density at radius 2 is 0.821 bits per heavy atom. The summed E-state index contributed by atoms with van der Waals surface area (Å²) >= 11 is 0. The molecule has 0 aliphatic heterocycles. The molecule has 0 heterocycles. The van der Waals surface area contributed by atoms with Gasteiger partial charge in [-0.1, -0.05) is 85.1 Å². The fraction of sp³-hybridized carbons (Fsp3) is 0.621.